The number of nitrogens with zero attached hydrogens (tertiary/aromatic N) is 1. The molecular formula is C27H25ClN2O3. The summed E-state index contributed by atoms with van der Waals surface area (Å²) in [7, 11) is 0. The van der Waals surface area contributed by atoms with Gasteiger partial charge in [0.15, 0.2) is 6.61 Å². The van der Waals surface area contributed by atoms with Crippen LogP contribution in [0.3, 0.4) is 0 Å². The van der Waals surface area contributed by atoms with E-state index in [1.54, 1.807) is 35.2 Å². The Morgan fingerprint density at radius 2 is 1.88 bits per heavy atom. The molecule has 2 amide bonds. The van der Waals surface area contributed by atoms with Crippen LogP contribution in [-0.4, -0.2) is 18.4 Å². The molecule has 4 rings (SSSR count). The number of amides is 2. The van der Waals surface area contributed by atoms with Crippen molar-refractivity contribution in [3.63, 3.8) is 0 Å². The second kappa shape index (κ2) is 9.92. The second-order valence-electron chi connectivity index (χ2n) is 8.19. The summed E-state index contributed by atoms with van der Waals surface area (Å²) in [6.45, 7) is 4.57. The van der Waals surface area contributed by atoms with Gasteiger partial charge in [-0.1, -0.05) is 67.9 Å². The van der Waals surface area contributed by atoms with Crippen molar-refractivity contribution < 1.29 is 14.3 Å². The van der Waals surface area contributed by atoms with Gasteiger partial charge in [0.2, 0.25) is 5.91 Å². The number of rotatable bonds is 6. The fraction of sp³-hybridized carbons (Fsp3) is 0.185. The van der Waals surface area contributed by atoms with Crippen molar-refractivity contribution in [2.24, 2.45) is 0 Å². The highest BCUT2D eigenvalue weighted by Gasteiger charge is 2.26. The number of hydrogen-bond acceptors (Lipinski definition) is 3. The molecule has 0 unspecified atom stereocenters. The number of benzene rings is 3. The van der Waals surface area contributed by atoms with Crippen molar-refractivity contribution in [2.45, 2.75) is 26.3 Å². The van der Waals surface area contributed by atoms with Crippen molar-refractivity contribution in [3.8, 4) is 5.75 Å². The molecule has 1 N–H and O–H groups in total. The summed E-state index contributed by atoms with van der Waals surface area (Å²) >= 11 is 6.29. The molecule has 0 aliphatic carbocycles. The largest absolute Gasteiger partial charge is 0.482 e. The number of hydrogen-bond donors (Lipinski definition) is 1. The number of ether oxygens (including phenoxy) is 1. The van der Waals surface area contributed by atoms with E-state index in [1.165, 1.54) is 11.6 Å². The maximum Gasteiger partial charge on any atom is 0.265 e. The Kier molecular flexibility index (Phi) is 6.80. The molecule has 6 heteroatoms. The number of anilines is 2. The summed E-state index contributed by atoms with van der Waals surface area (Å²) < 4.78 is 5.57. The van der Waals surface area contributed by atoms with E-state index >= 15 is 0 Å². The molecule has 0 saturated carbocycles. The first-order valence-electron chi connectivity index (χ1n) is 10.8. The molecule has 1 heterocycles. The van der Waals surface area contributed by atoms with Gasteiger partial charge < -0.3 is 15.0 Å². The van der Waals surface area contributed by atoms with E-state index in [0.717, 1.165) is 11.1 Å². The zero-order chi connectivity index (χ0) is 23.4. The van der Waals surface area contributed by atoms with Gasteiger partial charge >= 0.3 is 0 Å². The number of carbonyl (C=O) groups excluding carboxylic acids is 2. The fourth-order valence-corrected chi connectivity index (χ4v) is 3.79. The second-order valence-corrected chi connectivity index (χ2v) is 8.59. The number of halogens is 1. The summed E-state index contributed by atoms with van der Waals surface area (Å²) in [6.07, 6.45) is 3.27. The van der Waals surface area contributed by atoms with Crippen LogP contribution in [0.5, 0.6) is 5.75 Å². The molecule has 1 aliphatic rings. The van der Waals surface area contributed by atoms with E-state index in [9.17, 15) is 9.59 Å². The van der Waals surface area contributed by atoms with Crippen molar-refractivity contribution in [1.29, 1.82) is 0 Å². The van der Waals surface area contributed by atoms with E-state index in [-0.39, 0.29) is 18.4 Å². The molecule has 168 valence electrons. The third-order valence-electron chi connectivity index (χ3n) is 5.49. The van der Waals surface area contributed by atoms with Gasteiger partial charge in [-0.05, 0) is 52.9 Å². The van der Waals surface area contributed by atoms with E-state index < -0.39 is 0 Å². The van der Waals surface area contributed by atoms with Crippen molar-refractivity contribution in [2.75, 3.05) is 16.8 Å². The number of nitrogens with one attached hydrogen (secondary N) is 1. The van der Waals surface area contributed by atoms with Gasteiger partial charge in [-0.2, -0.15) is 0 Å². The molecular weight excluding hydrogens is 436 g/mol. The van der Waals surface area contributed by atoms with Crippen molar-refractivity contribution in [1.82, 2.24) is 0 Å². The van der Waals surface area contributed by atoms with Crippen LogP contribution in [0.2, 0.25) is 5.02 Å². The average molecular weight is 461 g/mol. The predicted octanol–water partition coefficient (Wildman–Crippen LogP) is 6.04. The lowest BCUT2D eigenvalue weighted by atomic mass is 10.0. The number of fused-ring (bicyclic) bond motifs is 1. The molecule has 1 aliphatic heterocycles. The molecule has 0 fully saturated rings. The Morgan fingerprint density at radius 3 is 2.61 bits per heavy atom. The minimum absolute atomic E-state index is 0.0402. The van der Waals surface area contributed by atoms with Crippen LogP contribution in [0.25, 0.3) is 6.08 Å². The summed E-state index contributed by atoms with van der Waals surface area (Å²) in [5.74, 6) is 0.614. The molecule has 0 aromatic heterocycles. The smallest absolute Gasteiger partial charge is 0.265 e. The molecule has 5 nitrogen and oxygen atoms in total. The predicted molar refractivity (Wildman–Crippen MR) is 133 cm³/mol. The van der Waals surface area contributed by atoms with Crippen LogP contribution in [0.1, 0.15) is 36.5 Å². The molecule has 0 atom stereocenters. The van der Waals surface area contributed by atoms with Crippen LogP contribution in [0, 0.1) is 0 Å². The lowest BCUT2D eigenvalue weighted by Crippen LogP contribution is -2.38. The lowest BCUT2D eigenvalue weighted by molar-refractivity contribution is -0.121. The maximum atomic E-state index is 12.6. The molecule has 33 heavy (non-hydrogen) atoms. The highest BCUT2D eigenvalue weighted by molar-refractivity contribution is 6.31. The minimum Gasteiger partial charge on any atom is -0.482 e. The minimum atomic E-state index is -0.261. The monoisotopic (exact) mass is 460 g/mol. The van der Waals surface area contributed by atoms with Gasteiger partial charge in [0.25, 0.3) is 5.91 Å². The zero-order valence-corrected chi connectivity index (χ0v) is 19.3. The molecule has 3 aromatic rings. The van der Waals surface area contributed by atoms with Crippen LogP contribution >= 0.6 is 11.6 Å². The van der Waals surface area contributed by atoms with Gasteiger partial charge in [0, 0.05) is 16.8 Å². The van der Waals surface area contributed by atoms with Crippen LogP contribution in [0.15, 0.2) is 72.8 Å². The third-order valence-corrected chi connectivity index (χ3v) is 5.85. The first-order chi connectivity index (χ1) is 15.9. The van der Waals surface area contributed by atoms with Gasteiger partial charge in [0.1, 0.15) is 5.75 Å². The van der Waals surface area contributed by atoms with Gasteiger partial charge in [-0.3, -0.25) is 9.59 Å². The van der Waals surface area contributed by atoms with Crippen molar-refractivity contribution in [3.05, 3.63) is 94.5 Å². The Balaban J connectivity index is 1.49. The molecule has 0 spiro atoms. The van der Waals surface area contributed by atoms with E-state index in [2.05, 4.69) is 31.3 Å². The molecule has 0 bridgehead atoms. The average Bonchev–Trinajstić information content (AvgIpc) is 2.81. The summed E-state index contributed by atoms with van der Waals surface area (Å²) in [5.41, 5.74) is 4.20. The van der Waals surface area contributed by atoms with E-state index in [1.807, 2.05) is 30.3 Å². The molecule has 0 saturated heterocycles. The topological polar surface area (TPSA) is 58.6 Å². The van der Waals surface area contributed by atoms with E-state index in [0.29, 0.717) is 34.6 Å². The highest BCUT2D eigenvalue weighted by atomic mass is 35.5. The van der Waals surface area contributed by atoms with E-state index in [4.69, 9.17) is 16.3 Å². The first-order valence-corrected chi connectivity index (χ1v) is 11.2. The summed E-state index contributed by atoms with van der Waals surface area (Å²) in [6, 6.07) is 20.8. The summed E-state index contributed by atoms with van der Waals surface area (Å²) in [5, 5.41) is 3.45. The van der Waals surface area contributed by atoms with Crippen LogP contribution in [0.4, 0.5) is 11.4 Å². The van der Waals surface area contributed by atoms with Crippen LogP contribution in [-0.2, 0) is 16.1 Å². The normalized spacial score (nSPS) is 13.2. The Labute approximate surface area is 198 Å². The fourth-order valence-electron chi connectivity index (χ4n) is 3.60. The third kappa shape index (κ3) is 5.44. The quantitative estimate of drug-likeness (QED) is 0.456. The molecule has 0 radical (unpaired) electrons. The standard InChI is InChI=1S/C27H25ClN2O3/c1-18(2)20-10-7-19(8-11-20)9-14-26(31)29-22-12-13-25-24(15-22)30(27(32)17-33-25)16-21-5-3-4-6-23(21)28/h3-15,18H,16-17H2,1-2H3,(H,29,31)/b14-9+. The lowest BCUT2D eigenvalue weighted by Gasteiger charge is -2.30. The Hall–Kier alpha value is -3.57. The van der Waals surface area contributed by atoms with Gasteiger partial charge in [-0.25, -0.2) is 0 Å². The van der Waals surface area contributed by atoms with Gasteiger partial charge in [-0.15, -0.1) is 0 Å². The van der Waals surface area contributed by atoms with Crippen LogP contribution < -0.4 is 15.0 Å². The SMILES string of the molecule is CC(C)c1ccc(/C=C/C(=O)Nc2ccc3c(c2)N(Cc2ccccc2Cl)C(=O)CO3)cc1. The highest BCUT2D eigenvalue weighted by Crippen LogP contribution is 2.36. The Morgan fingerprint density at radius 1 is 1.12 bits per heavy atom. The van der Waals surface area contributed by atoms with Gasteiger partial charge in [0.05, 0.1) is 12.2 Å². The number of carbonyl (C=O) groups is 2. The maximum absolute atomic E-state index is 12.6. The zero-order valence-electron chi connectivity index (χ0n) is 18.5. The summed E-state index contributed by atoms with van der Waals surface area (Å²) in [4.78, 5) is 26.7. The molecule has 3 aromatic carbocycles. The first kappa shape index (κ1) is 22.6. The Bertz CT molecular complexity index is 1200. The van der Waals surface area contributed by atoms with Crippen molar-refractivity contribution >= 4 is 40.9 Å².